The van der Waals surface area contributed by atoms with Crippen LogP contribution in [0.2, 0.25) is 0 Å². The minimum Gasteiger partial charge on any atom is -0.375 e. The summed E-state index contributed by atoms with van der Waals surface area (Å²) in [7, 11) is -4.06. The molecule has 2 aliphatic rings. The van der Waals surface area contributed by atoms with Gasteiger partial charge in [0.15, 0.2) is 9.84 Å². The first-order valence-electron chi connectivity index (χ1n) is 8.44. The van der Waals surface area contributed by atoms with Crippen LogP contribution in [0.4, 0.5) is 13.2 Å². The number of halogens is 4. The Bertz CT molecular complexity index is 727. The highest BCUT2D eigenvalue weighted by Crippen LogP contribution is 2.40. The summed E-state index contributed by atoms with van der Waals surface area (Å²) in [5.74, 6) is 0. The summed E-state index contributed by atoms with van der Waals surface area (Å²) in [4.78, 5) is -0.630. The standard InChI is InChI=1S/C17H20BrF3O3S/c18-11-5-8-16(15(9-11)17(19,20)21)25(22,23)14-7-6-13(10-14)24-12-3-1-2-4-12/h5,8-9,12-14H,1-4,6-7,10H2/t13-,14-/m1/s1. The molecule has 2 fully saturated rings. The van der Waals surface area contributed by atoms with Crippen LogP contribution in [-0.4, -0.2) is 25.9 Å². The number of sulfone groups is 1. The van der Waals surface area contributed by atoms with Crippen LogP contribution < -0.4 is 0 Å². The van der Waals surface area contributed by atoms with Gasteiger partial charge in [-0.2, -0.15) is 13.2 Å². The zero-order chi connectivity index (χ0) is 18.2. The molecule has 0 unspecified atom stereocenters. The predicted octanol–water partition coefficient (Wildman–Crippen LogP) is 5.12. The summed E-state index contributed by atoms with van der Waals surface area (Å²) < 4.78 is 71.7. The van der Waals surface area contributed by atoms with Gasteiger partial charge in [-0.15, -0.1) is 0 Å². The van der Waals surface area contributed by atoms with Crippen molar-refractivity contribution in [3.63, 3.8) is 0 Å². The molecule has 2 saturated carbocycles. The van der Waals surface area contributed by atoms with E-state index >= 15 is 0 Å². The topological polar surface area (TPSA) is 43.4 Å². The van der Waals surface area contributed by atoms with Crippen molar-refractivity contribution >= 4 is 25.8 Å². The molecule has 0 spiro atoms. The molecule has 25 heavy (non-hydrogen) atoms. The SMILES string of the molecule is O=S(=O)(c1ccc(Br)cc1C(F)(F)F)[C@@H]1CC[C@@H](OC2CCCC2)C1. The molecular weight excluding hydrogens is 421 g/mol. The predicted molar refractivity (Wildman–Crippen MR) is 91.1 cm³/mol. The van der Waals surface area contributed by atoms with Crippen LogP contribution >= 0.6 is 15.9 Å². The van der Waals surface area contributed by atoms with Gasteiger partial charge in [-0.05, 0) is 50.3 Å². The van der Waals surface area contributed by atoms with E-state index in [1.807, 2.05) is 0 Å². The first-order valence-corrected chi connectivity index (χ1v) is 10.8. The van der Waals surface area contributed by atoms with Gasteiger partial charge in [-0.1, -0.05) is 28.8 Å². The Kier molecular flexibility index (Phi) is 5.52. The monoisotopic (exact) mass is 440 g/mol. The van der Waals surface area contributed by atoms with Crippen LogP contribution in [0.15, 0.2) is 27.6 Å². The lowest BCUT2D eigenvalue weighted by Gasteiger charge is -2.19. The summed E-state index contributed by atoms with van der Waals surface area (Å²) in [6, 6.07) is 3.21. The highest BCUT2D eigenvalue weighted by molar-refractivity contribution is 9.10. The molecule has 0 aliphatic heterocycles. The van der Waals surface area contributed by atoms with Gasteiger partial charge in [-0.25, -0.2) is 8.42 Å². The van der Waals surface area contributed by atoms with E-state index in [0.29, 0.717) is 12.8 Å². The second-order valence-corrected chi connectivity index (χ2v) is 9.90. The lowest BCUT2D eigenvalue weighted by molar-refractivity contribution is -0.139. The zero-order valence-electron chi connectivity index (χ0n) is 13.6. The maximum atomic E-state index is 13.3. The number of rotatable bonds is 4. The normalized spacial score (nSPS) is 25.6. The summed E-state index contributed by atoms with van der Waals surface area (Å²) in [5.41, 5.74) is -1.11. The van der Waals surface area contributed by atoms with Gasteiger partial charge in [0.05, 0.1) is 27.9 Å². The Balaban J connectivity index is 1.80. The molecule has 2 atom stereocenters. The van der Waals surface area contributed by atoms with Crippen LogP contribution in [-0.2, 0) is 20.8 Å². The summed E-state index contributed by atoms with van der Waals surface area (Å²) >= 11 is 2.98. The Hall–Kier alpha value is -0.600. The third-order valence-corrected chi connectivity index (χ3v) is 7.78. The molecule has 0 saturated heterocycles. The van der Waals surface area contributed by atoms with E-state index < -0.39 is 31.7 Å². The van der Waals surface area contributed by atoms with Crippen molar-refractivity contribution in [1.29, 1.82) is 0 Å². The summed E-state index contributed by atoms with van der Waals surface area (Å²) in [5, 5.41) is -0.818. The molecule has 0 heterocycles. The van der Waals surface area contributed by atoms with Crippen LogP contribution in [0, 0.1) is 0 Å². The van der Waals surface area contributed by atoms with Gasteiger partial charge in [0.2, 0.25) is 0 Å². The van der Waals surface area contributed by atoms with E-state index in [2.05, 4.69) is 15.9 Å². The molecule has 1 aromatic carbocycles. The van der Waals surface area contributed by atoms with Crippen LogP contribution in [0.25, 0.3) is 0 Å². The fourth-order valence-electron chi connectivity index (χ4n) is 3.75. The first-order chi connectivity index (χ1) is 11.7. The number of alkyl halides is 3. The molecule has 8 heteroatoms. The quantitative estimate of drug-likeness (QED) is 0.652. The summed E-state index contributed by atoms with van der Waals surface area (Å²) in [6.45, 7) is 0. The molecule has 0 aromatic heterocycles. The van der Waals surface area contributed by atoms with E-state index in [1.165, 1.54) is 6.07 Å². The Labute approximate surface area is 154 Å². The van der Waals surface area contributed by atoms with Gasteiger partial charge in [-0.3, -0.25) is 0 Å². The fourth-order valence-corrected chi connectivity index (χ4v) is 6.13. The Morgan fingerprint density at radius 2 is 1.72 bits per heavy atom. The highest BCUT2D eigenvalue weighted by atomic mass is 79.9. The minimum atomic E-state index is -4.72. The van der Waals surface area contributed by atoms with E-state index in [0.717, 1.165) is 37.8 Å². The fraction of sp³-hybridized carbons (Fsp3) is 0.647. The van der Waals surface area contributed by atoms with Crippen LogP contribution in [0.1, 0.15) is 50.5 Å². The van der Waals surface area contributed by atoms with Crippen molar-refractivity contribution in [3.05, 3.63) is 28.2 Å². The van der Waals surface area contributed by atoms with Crippen LogP contribution in [0.3, 0.4) is 0 Å². The molecule has 3 rings (SSSR count). The Morgan fingerprint density at radius 3 is 2.36 bits per heavy atom. The third kappa shape index (κ3) is 4.22. The first kappa shape index (κ1) is 19.2. The lowest BCUT2D eigenvalue weighted by atomic mass is 10.2. The van der Waals surface area contributed by atoms with E-state index in [4.69, 9.17) is 4.74 Å². The molecule has 0 N–H and O–H groups in total. The van der Waals surface area contributed by atoms with E-state index in [9.17, 15) is 21.6 Å². The largest absolute Gasteiger partial charge is 0.417 e. The van der Waals surface area contributed by atoms with Gasteiger partial charge in [0.1, 0.15) is 0 Å². The molecule has 1 aromatic rings. The summed E-state index contributed by atoms with van der Waals surface area (Å²) in [6.07, 6.45) is 0.678. The van der Waals surface area contributed by atoms with Crippen molar-refractivity contribution in [3.8, 4) is 0 Å². The lowest BCUT2D eigenvalue weighted by Crippen LogP contribution is -2.24. The smallest absolute Gasteiger partial charge is 0.375 e. The molecule has 0 amide bonds. The average molecular weight is 441 g/mol. The van der Waals surface area contributed by atoms with E-state index in [1.54, 1.807) is 0 Å². The Morgan fingerprint density at radius 1 is 1.04 bits per heavy atom. The maximum absolute atomic E-state index is 13.3. The minimum absolute atomic E-state index is 0.171. The number of benzene rings is 1. The highest BCUT2D eigenvalue weighted by Gasteiger charge is 2.42. The molecule has 0 radical (unpaired) electrons. The number of hydrogen-bond donors (Lipinski definition) is 0. The van der Waals surface area contributed by atoms with E-state index in [-0.39, 0.29) is 23.1 Å². The van der Waals surface area contributed by atoms with Crippen molar-refractivity contribution in [2.45, 2.75) is 73.5 Å². The van der Waals surface area contributed by atoms with Crippen molar-refractivity contribution in [2.24, 2.45) is 0 Å². The van der Waals surface area contributed by atoms with Crippen molar-refractivity contribution in [1.82, 2.24) is 0 Å². The van der Waals surface area contributed by atoms with Crippen molar-refractivity contribution in [2.75, 3.05) is 0 Å². The molecule has 3 nitrogen and oxygen atoms in total. The number of hydrogen-bond acceptors (Lipinski definition) is 3. The molecule has 2 aliphatic carbocycles. The second kappa shape index (κ2) is 7.19. The maximum Gasteiger partial charge on any atom is 0.417 e. The average Bonchev–Trinajstić information content (AvgIpc) is 3.18. The van der Waals surface area contributed by atoms with Gasteiger partial charge >= 0.3 is 6.18 Å². The second-order valence-electron chi connectivity index (χ2n) is 6.78. The zero-order valence-corrected chi connectivity index (χ0v) is 16.0. The third-order valence-electron chi connectivity index (χ3n) is 5.02. The van der Waals surface area contributed by atoms with Crippen LogP contribution in [0.5, 0.6) is 0 Å². The van der Waals surface area contributed by atoms with Crippen molar-refractivity contribution < 1.29 is 26.3 Å². The molecule has 140 valence electrons. The van der Waals surface area contributed by atoms with Gasteiger partial charge in [0, 0.05) is 4.47 Å². The van der Waals surface area contributed by atoms with Gasteiger partial charge in [0.25, 0.3) is 0 Å². The van der Waals surface area contributed by atoms with Gasteiger partial charge < -0.3 is 4.74 Å². The molecular formula is C17H20BrF3O3S. The molecule has 0 bridgehead atoms. The number of ether oxygens (including phenoxy) is 1.